The maximum Gasteiger partial charge on any atom is 0.341 e. The summed E-state index contributed by atoms with van der Waals surface area (Å²) < 4.78 is 9.88. The molecule has 2 aromatic rings. The summed E-state index contributed by atoms with van der Waals surface area (Å²) >= 11 is 0. The average molecular weight is 313 g/mol. The van der Waals surface area contributed by atoms with Crippen molar-refractivity contribution in [1.29, 1.82) is 0 Å². The fourth-order valence-corrected chi connectivity index (χ4v) is 2.21. The van der Waals surface area contributed by atoms with Crippen LogP contribution in [0.5, 0.6) is 5.75 Å². The van der Waals surface area contributed by atoms with E-state index < -0.39 is 5.97 Å². The Bertz CT molecular complexity index is 725. The third kappa shape index (κ3) is 4.10. The van der Waals surface area contributed by atoms with Crippen molar-refractivity contribution in [2.45, 2.75) is 13.5 Å². The number of nitrogens with one attached hydrogen (secondary N) is 1. The van der Waals surface area contributed by atoms with Crippen LogP contribution >= 0.6 is 0 Å². The van der Waals surface area contributed by atoms with Crippen LogP contribution in [-0.4, -0.2) is 26.1 Å². The molecule has 0 unspecified atom stereocenters. The van der Waals surface area contributed by atoms with Crippen molar-refractivity contribution < 1.29 is 19.1 Å². The predicted molar refractivity (Wildman–Crippen MR) is 86.7 cm³/mol. The standard InChI is InChI=1S/C18H19NO4/c1-12-5-4-6-14(9-12)17(20)19-11-13-7-8-16(22-2)15(10-13)18(21)23-3/h4-10H,11H2,1-3H3,(H,19,20). The third-order valence-corrected chi connectivity index (χ3v) is 3.40. The van der Waals surface area contributed by atoms with E-state index in [2.05, 4.69) is 5.32 Å². The third-order valence-electron chi connectivity index (χ3n) is 3.40. The first kappa shape index (κ1) is 16.5. The van der Waals surface area contributed by atoms with E-state index in [-0.39, 0.29) is 5.91 Å². The molecule has 120 valence electrons. The first-order valence-electron chi connectivity index (χ1n) is 7.15. The van der Waals surface area contributed by atoms with Crippen LogP contribution < -0.4 is 10.1 Å². The van der Waals surface area contributed by atoms with Gasteiger partial charge >= 0.3 is 5.97 Å². The lowest BCUT2D eigenvalue weighted by Gasteiger charge is -2.10. The van der Waals surface area contributed by atoms with Gasteiger partial charge in [0, 0.05) is 12.1 Å². The van der Waals surface area contributed by atoms with Gasteiger partial charge in [-0.05, 0) is 36.8 Å². The zero-order valence-electron chi connectivity index (χ0n) is 13.4. The molecule has 0 saturated carbocycles. The summed E-state index contributed by atoms with van der Waals surface area (Å²) in [5.74, 6) is -0.205. The van der Waals surface area contributed by atoms with E-state index in [1.54, 1.807) is 24.3 Å². The van der Waals surface area contributed by atoms with Crippen molar-refractivity contribution in [2.24, 2.45) is 0 Å². The quantitative estimate of drug-likeness (QED) is 0.862. The van der Waals surface area contributed by atoms with Crippen molar-refractivity contribution in [3.8, 4) is 5.75 Å². The summed E-state index contributed by atoms with van der Waals surface area (Å²) in [5, 5.41) is 2.83. The van der Waals surface area contributed by atoms with Gasteiger partial charge in [-0.2, -0.15) is 0 Å². The van der Waals surface area contributed by atoms with Gasteiger partial charge < -0.3 is 14.8 Å². The summed E-state index contributed by atoms with van der Waals surface area (Å²) in [4.78, 5) is 23.9. The summed E-state index contributed by atoms with van der Waals surface area (Å²) in [6, 6.07) is 12.5. The molecule has 1 amide bonds. The van der Waals surface area contributed by atoms with Crippen LogP contribution in [0.1, 0.15) is 31.8 Å². The molecule has 0 aliphatic carbocycles. The van der Waals surface area contributed by atoms with Crippen LogP contribution in [0.25, 0.3) is 0 Å². The number of hydrogen-bond donors (Lipinski definition) is 1. The minimum absolute atomic E-state index is 0.163. The minimum Gasteiger partial charge on any atom is -0.496 e. The van der Waals surface area contributed by atoms with Crippen molar-refractivity contribution in [2.75, 3.05) is 14.2 Å². The van der Waals surface area contributed by atoms with Gasteiger partial charge in [-0.1, -0.05) is 23.8 Å². The summed E-state index contributed by atoms with van der Waals surface area (Å²) in [6.07, 6.45) is 0. The van der Waals surface area contributed by atoms with Crippen molar-refractivity contribution in [3.63, 3.8) is 0 Å². The van der Waals surface area contributed by atoms with E-state index in [1.165, 1.54) is 14.2 Å². The zero-order valence-corrected chi connectivity index (χ0v) is 13.4. The second-order valence-electron chi connectivity index (χ2n) is 5.08. The van der Waals surface area contributed by atoms with Gasteiger partial charge in [0.1, 0.15) is 11.3 Å². The molecular formula is C18H19NO4. The topological polar surface area (TPSA) is 64.6 Å². The Balaban J connectivity index is 2.11. The Hall–Kier alpha value is -2.82. The molecule has 2 rings (SSSR count). The highest BCUT2D eigenvalue weighted by Gasteiger charge is 2.14. The summed E-state index contributed by atoms with van der Waals surface area (Å²) in [6.45, 7) is 2.24. The average Bonchev–Trinajstić information content (AvgIpc) is 2.58. The van der Waals surface area contributed by atoms with Crippen LogP contribution in [0, 0.1) is 6.92 Å². The summed E-state index contributed by atoms with van der Waals surface area (Å²) in [5.41, 5.74) is 2.74. The van der Waals surface area contributed by atoms with Crippen molar-refractivity contribution in [1.82, 2.24) is 5.32 Å². The fourth-order valence-electron chi connectivity index (χ4n) is 2.21. The number of carbonyl (C=O) groups is 2. The molecule has 5 nitrogen and oxygen atoms in total. The molecule has 1 N–H and O–H groups in total. The van der Waals surface area contributed by atoms with Gasteiger partial charge in [-0.3, -0.25) is 4.79 Å². The van der Waals surface area contributed by atoms with Crippen LogP contribution in [0.4, 0.5) is 0 Å². The molecule has 0 saturated heterocycles. The van der Waals surface area contributed by atoms with Gasteiger partial charge in [0.05, 0.1) is 14.2 Å². The van der Waals surface area contributed by atoms with E-state index in [4.69, 9.17) is 9.47 Å². The first-order chi connectivity index (χ1) is 11.0. The van der Waals surface area contributed by atoms with Crippen molar-refractivity contribution >= 4 is 11.9 Å². The number of benzene rings is 2. The largest absolute Gasteiger partial charge is 0.496 e. The Morgan fingerprint density at radius 3 is 2.52 bits per heavy atom. The Morgan fingerprint density at radius 1 is 1.09 bits per heavy atom. The maximum atomic E-state index is 12.1. The normalized spacial score (nSPS) is 10.0. The van der Waals surface area contributed by atoms with Crippen LogP contribution in [-0.2, 0) is 11.3 Å². The van der Waals surface area contributed by atoms with E-state index in [0.29, 0.717) is 23.4 Å². The number of esters is 1. The maximum absolute atomic E-state index is 12.1. The van der Waals surface area contributed by atoms with Gasteiger partial charge in [0.25, 0.3) is 5.91 Å². The van der Waals surface area contributed by atoms with Gasteiger partial charge in [0.2, 0.25) is 0 Å². The van der Waals surface area contributed by atoms with Crippen molar-refractivity contribution in [3.05, 3.63) is 64.7 Å². The van der Waals surface area contributed by atoms with E-state index in [1.807, 2.05) is 25.1 Å². The highest BCUT2D eigenvalue weighted by Crippen LogP contribution is 2.20. The molecule has 23 heavy (non-hydrogen) atoms. The molecule has 2 aromatic carbocycles. The molecule has 5 heteroatoms. The minimum atomic E-state index is -0.478. The Labute approximate surface area is 135 Å². The molecule has 0 heterocycles. The predicted octanol–water partition coefficient (Wildman–Crippen LogP) is 2.72. The lowest BCUT2D eigenvalue weighted by atomic mass is 10.1. The molecular weight excluding hydrogens is 294 g/mol. The number of hydrogen-bond acceptors (Lipinski definition) is 4. The van der Waals surface area contributed by atoms with E-state index in [9.17, 15) is 9.59 Å². The van der Waals surface area contributed by atoms with Gasteiger partial charge in [0.15, 0.2) is 0 Å². The second kappa shape index (κ2) is 7.45. The first-order valence-corrected chi connectivity index (χ1v) is 7.15. The number of ether oxygens (including phenoxy) is 2. The monoisotopic (exact) mass is 313 g/mol. The molecule has 0 spiro atoms. The molecule has 0 aliphatic heterocycles. The van der Waals surface area contributed by atoms with E-state index >= 15 is 0 Å². The Morgan fingerprint density at radius 2 is 1.87 bits per heavy atom. The van der Waals surface area contributed by atoms with Gasteiger partial charge in [-0.15, -0.1) is 0 Å². The molecule has 0 fully saturated rings. The lowest BCUT2D eigenvalue weighted by molar-refractivity contribution is 0.0597. The Kier molecular flexibility index (Phi) is 5.36. The molecule has 0 aliphatic rings. The van der Waals surface area contributed by atoms with E-state index in [0.717, 1.165) is 11.1 Å². The zero-order chi connectivity index (χ0) is 16.8. The van der Waals surface area contributed by atoms with Crippen LogP contribution in [0.15, 0.2) is 42.5 Å². The fraction of sp³-hybridized carbons (Fsp3) is 0.222. The smallest absolute Gasteiger partial charge is 0.341 e. The van der Waals surface area contributed by atoms with Crippen LogP contribution in [0.2, 0.25) is 0 Å². The number of aryl methyl sites for hydroxylation is 1. The highest BCUT2D eigenvalue weighted by molar-refractivity contribution is 5.94. The number of carbonyl (C=O) groups excluding carboxylic acids is 2. The molecule has 0 atom stereocenters. The molecule has 0 aromatic heterocycles. The number of methoxy groups -OCH3 is 2. The highest BCUT2D eigenvalue weighted by atomic mass is 16.5. The second-order valence-corrected chi connectivity index (χ2v) is 5.08. The van der Waals surface area contributed by atoms with Crippen LogP contribution in [0.3, 0.4) is 0 Å². The SMILES string of the molecule is COC(=O)c1cc(CNC(=O)c2cccc(C)c2)ccc1OC. The molecule has 0 radical (unpaired) electrons. The van der Waals surface area contributed by atoms with Gasteiger partial charge in [-0.25, -0.2) is 4.79 Å². The number of amides is 1. The number of rotatable bonds is 5. The molecule has 0 bridgehead atoms. The summed E-state index contributed by atoms with van der Waals surface area (Å²) in [7, 11) is 2.80. The lowest BCUT2D eigenvalue weighted by Crippen LogP contribution is -2.23.